The van der Waals surface area contributed by atoms with Gasteiger partial charge >= 0.3 is 0 Å². The predicted molar refractivity (Wildman–Crippen MR) is 66.5 cm³/mol. The van der Waals surface area contributed by atoms with E-state index >= 15 is 0 Å². The zero-order valence-corrected chi connectivity index (χ0v) is 10.5. The summed E-state index contributed by atoms with van der Waals surface area (Å²) in [6.07, 6.45) is 1.93. The highest BCUT2D eigenvalue weighted by atomic mass is 16.5. The first kappa shape index (κ1) is 13.6. The minimum atomic E-state index is -0.471. The van der Waals surface area contributed by atoms with Crippen molar-refractivity contribution in [2.45, 2.75) is 32.4 Å². The van der Waals surface area contributed by atoms with E-state index < -0.39 is 5.60 Å². The van der Waals surface area contributed by atoms with Crippen LogP contribution in [0.3, 0.4) is 0 Å². The second-order valence-corrected chi connectivity index (χ2v) is 4.44. The Balaban J connectivity index is 2.56. The molecule has 94 valence electrons. The number of nitrogens with two attached hydrogens (primary N) is 1. The van der Waals surface area contributed by atoms with Crippen LogP contribution in [0.25, 0.3) is 0 Å². The van der Waals surface area contributed by atoms with Gasteiger partial charge in [0.2, 0.25) is 5.91 Å². The summed E-state index contributed by atoms with van der Waals surface area (Å²) in [4.78, 5) is 15.8. The van der Waals surface area contributed by atoms with Gasteiger partial charge < -0.3 is 15.8 Å². The maximum absolute atomic E-state index is 11.7. The number of rotatable bonds is 5. The van der Waals surface area contributed by atoms with Crippen molar-refractivity contribution in [2.24, 2.45) is 5.73 Å². The Bertz CT molecular complexity index is 374. The first-order valence-electron chi connectivity index (χ1n) is 5.47. The minimum absolute atomic E-state index is 0.121. The van der Waals surface area contributed by atoms with Crippen molar-refractivity contribution in [1.82, 2.24) is 4.98 Å². The molecular weight excluding hydrogens is 218 g/mol. The summed E-state index contributed by atoms with van der Waals surface area (Å²) in [6, 6.07) is 3.57. The van der Waals surface area contributed by atoms with Crippen molar-refractivity contribution in [2.75, 3.05) is 12.4 Å². The monoisotopic (exact) mass is 237 g/mol. The van der Waals surface area contributed by atoms with Crippen LogP contribution in [0.1, 0.15) is 25.8 Å². The van der Waals surface area contributed by atoms with Gasteiger partial charge in [-0.1, -0.05) is 6.07 Å². The molecule has 1 aromatic rings. The van der Waals surface area contributed by atoms with Crippen LogP contribution in [-0.4, -0.2) is 23.6 Å². The maximum Gasteiger partial charge on any atom is 0.228 e. The van der Waals surface area contributed by atoms with Gasteiger partial charge in [-0.3, -0.25) is 4.79 Å². The summed E-state index contributed by atoms with van der Waals surface area (Å²) in [5.41, 5.74) is 5.92. The van der Waals surface area contributed by atoms with Crippen molar-refractivity contribution in [1.29, 1.82) is 0 Å². The van der Waals surface area contributed by atoms with Crippen molar-refractivity contribution >= 4 is 11.7 Å². The Morgan fingerprint density at radius 2 is 2.24 bits per heavy atom. The van der Waals surface area contributed by atoms with E-state index in [1.165, 1.54) is 0 Å². The molecule has 0 atom stereocenters. The summed E-state index contributed by atoms with van der Waals surface area (Å²) in [5, 5.41) is 2.71. The van der Waals surface area contributed by atoms with E-state index in [0.717, 1.165) is 5.56 Å². The van der Waals surface area contributed by atoms with Crippen LogP contribution in [0.15, 0.2) is 18.3 Å². The van der Waals surface area contributed by atoms with E-state index in [0.29, 0.717) is 12.4 Å². The van der Waals surface area contributed by atoms with Crippen LogP contribution in [-0.2, 0) is 16.1 Å². The second kappa shape index (κ2) is 5.75. The van der Waals surface area contributed by atoms with Crippen molar-refractivity contribution < 1.29 is 9.53 Å². The molecule has 1 amide bonds. The van der Waals surface area contributed by atoms with Gasteiger partial charge in [-0.25, -0.2) is 4.98 Å². The number of carbonyl (C=O) groups excluding carboxylic acids is 1. The SMILES string of the molecule is COC(C)(C)CC(=O)Nc1ccc(CN)cn1. The third-order valence-electron chi connectivity index (χ3n) is 2.47. The quantitative estimate of drug-likeness (QED) is 0.809. The molecule has 0 aliphatic carbocycles. The lowest BCUT2D eigenvalue weighted by atomic mass is 10.1. The van der Waals surface area contributed by atoms with Crippen LogP contribution in [0, 0.1) is 0 Å². The Kier molecular flexibility index (Phi) is 4.60. The lowest BCUT2D eigenvalue weighted by molar-refractivity contribution is -0.121. The Labute approximate surface area is 101 Å². The molecule has 5 nitrogen and oxygen atoms in total. The molecule has 0 saturated carbocycles. The van der Waals surface area contributed by atoms with E-state index in [2.05, 4.69) is 10.3 Å². The van der Waals surface area contributed by atoms with Gasteiger partial charge in [0.15, 0.2) is 0 Å². The highest BCUT2D eigenvalue weighted by Crippen LogP contribution is 2.14. The first-order valence-corrected chi connectivity index (χ1v) is 5.47. The molecule has 0 spiro atoms. The normalized spacial score (nSPS) is 11.3. The Morgan fingerprint density at radius 1 is 1.53 bits per heavy atom. The number of hydrogen-bond donors (Lipinski definition) is 2. The highest BCUT2D eigenvalue weighted by Gasteiger charge is 2.21. The van der Waals surface area contributed by atoms with Gasteiger partial charge in [-0.2, -0.15) is 0 Å². The highest BCUT2D eigenvalue weighted by molar-refractivity contribution is 5.90. The summed E-state index contributed by atoms with van der Waals surface area (Å²) < 4.78 is 5.18. The minimum Gasteiger partial charge on any atom is -0.378 e. The van der Waals surface area contributed by atoms with Crippen molar-refractivity contribution in [3.05, 3.63) is 23.9 Å². The Morgan fingerprint density at radius 3 is 2.71 bits per heavy atom. The molecule has 5 heteroatoms. The summed E-state index contributed by atoms with van der Waals surface area (Å²) in [7, 11) is 1.58. The zero-order valence-electron chi connectivity index (χ0n) is 10.5. The molecule has 3 N–H and O–H groups in total. The van der Waals surface area contributed by atoms with Gasteiger partial charge in [0.1, 0.15) is 5.82 Å². The number of nitrogens with one attached hydrogen (secondary N) is 1. The van der Waals surface area contributed by atoms with E-state index in [1.807, 2.05) is 19.9 Å². The summed E-state index contributed by atoms with van der Waals surface area (Å²) >= 11 is 0. The molecule has 0 bridgehead atoms. The molecule has 0 radical (unpaired) electrons. The van der Waals surface area contributed by atoms with Crippen LogP contribution in [0.4, 0.5) is 5.82 Å². The van der Waals surface area contributed by atoms with Crippen LogP contribution >= 0.6 is 0 Å². The largest absolute Gasteiger partial charge is 0.378 e. The van der Waals surface area contributed by atoms with Gasteiger partial charge in [-0.15, -0.1) is 0 Å². The zero-order chi connectivity index (χ0) is 12.9. The summed E-state index contributed by atoms with van der Waals surface area (Å²) in [6.45, 7) is 4.16. The lowest BCUT2D eigenvalue weighted by Crippen LogP contribution is -2.29. The maximum atomic E-state index is 11.7. The van der Waals surface area contributed by atoms with Crippen molar-refractivity contribution in [3.63, 3.8) is 0 Å². The fraction of sp³-hybridized carbons (Fsp3) is 0.500. The predicted octanol–water partition coefficient (Wildman–Crippen LogP) is 1.29. The second-order valence-electron chi connectivity index (χ2n) is 4.44. The molecule has 0 aliphatic heterocycles. The van der Waals surface area contributed by atoms with E-state index in [-0.39, 0.29) is 12.3 Å². The molecule has 0 fully saturated rings. The molecule has 1 aromatic heterocycles. The van der Waals surface area contributed by atoms with Gasteiger partial charge in [0.05, 0.1) is 12.0 Å². The van der Waals surface area contributed by atoms with Crippen LogP contribution in [0.5, 0.6) is 0 Å². The number of aromatic nitrogens is 1. The number of hydrogen-bond acceptors (Lipinski definition) is 4. The smallest absolute Gasteiger partial charge is 0.228 e. The number of amides is 1. The Hall–Kier alpha value is -1.46. The molecule has 1 rings (SSSR count). The number of pyridine rings is 1. The lowest BCUT2D eigenvalue weighted by Gasteiger charge is -2.21. The number of ether oxygens (including phenoxy) is 1. The van der Waals surface area contributed by atoms with Crippen LogP contribution < -0.4 is 11.1 Å². The standard InChI is InChI=1S/C12H19N3O2/c1-12(2,17-3)6-11(16)15-10-5-4-9(7-13)8-14-10/h4-5,8H,6-7,13H2,1-3H3,(H,14,15,16). The van der Waals surface area contributed by atoms with E-state index in [4.69, 9.17) is 10.5 Å². The third kappa shape index (κ3) is 4.50. The molecule has 0 aromatic carbocycles. The number of nitrogens with zero attached hydrogens (tertiary/aromatic N) is 1. The van der Waals surface area contributed by atoms with Gasteiger partial charge in [0.25, 0.3) is 0 Å². The fourth-order valence-corrected chi connectivity index (χ4v) is 1.27. The number of carbonyl (C=O) groups is 1. The third-order valence-corrected chi connectivity index (χ3v) is 2.47. The fourth-order valence-electron chi connectivity index (χ4n) is 1.27. The average Bonchev–Trinajstić information content (AvgIpc) is 2.29. The number of anilines is 1. The molecular formula is C12H19N3O2. The molecule has 0 aliphatic rings. The molecule has 1 heterocycles. The van der Waals surface area contributed by atoms with Crippen LogP contribution in [0.2, 0.25) is 0 Å². The van der Waals surface area contributed by atoms with E-state index in [9.17, 15) is 4.79 Å². The van der Waals surface area contributed by atoms with E-state index in [1.54, 1.807) is 19.4 Å². The van der Waals surface area contributed by atoms with Crippen molar-refractivity contribution in [3.8, 4) is 0 Å². The van der Waals surface area contributed by atoms with Gasteiger partial charge in [-0.05, 0) is 25.5 Å². The molecule has 0 unspecified atom stereocenters. The topological polar surface area (TPSA) is 77.2 Å². The van der Waals surface area contributed by atoms with Gasteiger partial charge in [0, 0.05) is 19.9 Å². The molecule has 17 heavy (non-hydrogen) atoms. The first-order chi connectivity index (χ1) is 7.96. The average molecular weight is 237 g/mol. The summed E-state index contributed by atoms with van der Waals surface area (Å²) in [5.74, 6) is 0.406. The molecule has 0 saturated heterocycles. The number of methoxy groups -OCH3 is 1.